The minimum Gasteiger partial charge on any atom is -0.324 e. The zero-order valence-electron chi connectivity index (χ0n) is 12.0. The minimum absolute atomic E-state index is 0.0841. The highest BCUT2D eigenvalue weighted by Gasteiger charge is 2.22. The van der Waals surface area contributed by atoms with E-state index in [1.165, 1.54) is 0 Å². The predicted octanol–water partition coefficient (Wildman–Crippen LogP) is 2.52. The van der Waals surface area contributed by atoms with Gasteiger partial charge in [-0.2, -0.15) is 4.31 Å². The van der Waals surface area contributed by atoms with E-state index in [-0.39, 0.29) is 6.04 Å². The van der Waals surface area contributed by atoms with Crippen molar-refractivity contribution in [2.24, 2.45) is 5.73 Å². The third-order valence-electron chi connectivity index (χ3n) is 2.99. The molecule has 0 saturated carbocycles. The summed E-state index contributed by atoms with van der Waals surface area (Å²) < 4.78 is 26.5. The topological polar surface area (TPSA) is 63.4 Å². The summed E-state index contributed by atoms with van der Waals surface area (Å²) in [5.41, 5.74) is 6.71. The van der Waals surface area contributed by atoms with Crippen LogP contribution in [0.2, 0.25) is 0 Å². The van der Waals surface area contributed by atoms with Crippen LogP contribution >= 0.6 is 0 Å². The van der Waals surface area contributed by atoms with E-state index in [9.17, 15) is 8.42 Å². The smallest absolute Gasteiger partial charge is 0.243 e. The normalized spacial score (nSPS) is 13.7. The Labute approximate surface area is 116 Å². The summed E-state index contributed by atoms with van der Waals surface area (Å²) in [6, 6.07) is 6.78. The molecule has 0 aliphatic heterocycles. The Morgan fingerprint density at radius 3 is 1.95 bits per heavy atom. The molecule has 0 saturated heterocycles. The maximum Gasteiger partial charge on any atom is 0.243 e. The van der Waals surface area contributed by atoms with Gasteiger partial charge in [0.2, 0.25) is 10.0 Å². The number of benzene rings is 1. The van der Waals surface area contributed by atoms with Crippen molar-refractivity contribution in [3.63, 3.8) is 0 Å². The first-order chi connectivity index (χ1) is 8.93. The molecule has 1 atom stereocenters. The Balaban J connectivity index is 3.03. The predicted molar refractivity (Wildman–Crippen MR) is 78.4 cm³/mol. The standard InChI is InChI=1S/C14H24N2O2S/c1-4-10-16(11-5-2)19(17,18)14-8-6-13(7-9-14)12(3)15/h6-9,12H,4-5,10-11,15H2,1-3H3. The lowest BCUT2D eigenvalue weighted by molar-refractivity contribution is 0.410. The molecular weight excluding hydrogens is 260 g/mol. The second-order valence-electron chi connectivity index (χ2n) is 4.76. The van der Waals surface area contributed by atoms with Gasteiger partial charge < -0.3 is 5.73 Å². The van der Waals surface area contributed by atoms with Crippen molar-refractivity contribution < 1.29 is 8.42 Å². The van der Waals surface area contributed by atoms with Gasteiger partial charge in [-0.15, -0.1) is 0 Å². The Kier molecular flexibility index (Phi) is 5.97. The van der Waals surface area contributed by atoms with Crippen molar-refractivity contribution in [2.45, 2.75) is 44.6 Å². The highest BCUT2D eigenvalue weighted by Crippen LogP contribution is 2.19. The van der Waals surface area contributed by atoms with Gasteiger partial charge >= 0.3 is 0 Å². The first-order valence-electron chi connectivity index (χ1n) is 6.79. The van der Waals surface area contributed by atoms with Gasteiger partial charge in [0, 0.05) is 19.1 Å². The molecule has 0 spiro atoms. The fourth-order valence-corrected chi connectivity index (χ4v) is 3.57. The molecule has 108 valence electrons. The Morgan fingerprint density at radius 1 is 1.11 bits per heavy atom. The third-order valence-corrected chi connectivity index (χ3v) is 4.90. The molecule has 0 radical (unpaired) electrons. The maximum absolute atomic E-state index is 12.5. The van der Waals surface area contributed by atoms with Crippen molar-refractivity contribution in [1.29, 1.82) is 0 Å². The van der Waals surface area contributed by atoms with Gasteiger partial charge in [0.15, 0.2) is 0 Å². The molecule has 0 aliphatic carbocycles. The largest absolute Gasteiger partial charge is 0.324 e. The fourth-order valence-electron chi connectivity index (χ4n) is 1.94. The molecule has 4 nitrogen and oxygen atoms in total. The Morgan fingerprint density at radius 2 is 1.58 bits per heavy atom. The summed E-state index contributed by atoms with van der Waals surface area (Å²) in [5.74, 6) is 0. The molecule has 2 N–H and O–H groups in total. The van der Waals surface area contributed by atoms with E-state index in [4.69, 9.17) is 5.73 Å². The molecule has 1 unspecified atom stereocenters. The molecule has 19 heavy (non-hydrogen) atoms. The number of nitrogens with zero attached hydrogens (tertiary/aromatic N) is 1. The van der Waals surface area contributed by atoms with E-state index in [0.29, 0.717) is 18.0 Å². The van der Waals surface area contributed by atoms with Gasteiger partial charge in [0.1, 0.15) is 0 Å². The van der Waals surface area contributed by atoms with Crippen LogP contribution in [-0.4, -0.2) is 25.8 Å². The summed E-state index contributed by atoms with van der Waals surface area (Å²) in [4.78, 5) is 0.346. The van der Waals surface area contributed by atoms with Crippen molar-refractivity contribution >= 4 is 10.0 Å². The molecular formula is C14H24N2O2S. The number of hydrogen-bond acceptors (Lipinski definition) is 3. The monoisotopic (exact) mass is 284 g/mol. The van der Waals surface area contributed by atoms with Crippen LogP contribution in [0.15, 0.2) is 29.2 Å². The van der Waals surface area contributed by atoms with Crippen molar-refractivity contribution in [2.75, 3.05) is 13.1 Å². The lowest BCUT2D eigenvalue weighted by Gasteiger charge is -2.21. The van der Waals surface area contributed by atoms with Crippen LogP contribution in [0.4, 0.5) is 0 Å². The average Bonchev–Trinajstić information content (AvgIpc) is 2.38. The molecule has 1 aromatic rings. The molecule has 0 heterocycles. The fraction of sp³-hybridized carbons (Fsp3) is 0.571. The summed E-state index contributed by atoms with van der Waals surface area (Å²) in [5, 5.41) is 0. The van der Waals surface area contributed by atoms with Crippen molar-refractivity contribution in [3.8, 4) is 0 Å². The number of rotatable bonds is 7. The highest BCUT2D eigenvalue weighted by atomic mass is 32.2. The zero-order chi connectivity index (χ0) is 14.5. The van der Waals surface area contributed by atoms with Crippen LogP contribution in [0.1, 0.15) is 45.2 Å². The van der Waals surface area contributed by atoms with E-state index in [2.05, 4.69) is 0 Å². The van der Waals surface area contributed by atoms with Gasteiger partial charge in [0.25, 0.3) is 0 Å². The average molecular weight is 284 g/mol. The van der Waals surface area contributed by atoms with E-state index in [1.807, 2.05) is 20.8 Å². The SMILES string of the molecule is CCCN(CCC)S(=O)(=O)c1ccc(C(C)N)cc1. The van der Waals surface area contributed by atoms with E-state index in [1.54, 1.807) is 28.6 Å². The van der Waals surface area contributed by atoms with Crippen LogP contribution < -0.4 is 5.73 Å². The summed E-state index contributed by atoms with van der Waals surface area (Å²) in [6.45, 7) is 6.97. The minimum atomic E-state index is -3.38. The van der Waals surface area contributed by atoms with Gasteiger partial charge in [-0.3, -0.25) is 0 Å². The second-order valence-corrected chi connectivity index (χ2v) is 6.70. The number of hydrogen-bond donors (Lipinski definition) is 1. The lowest BCUT2D eigenvalue weighted by atomic mass is 10.1. The van der Waals surface area contributed by atoms with Crippen molar-refractivity contribution in [1.82, 2.24) is 4.31 Å². The molecule has 0 aromatic heterocycles. The number of nitrogens with two attached hydrogens (primary N) is 1. The van der Waals surface area contributed by atoms with Crippen LogP contribution in [0, 0.1) is 0 Å². The van der Waals surface area contributed by atoms with Crippen LogP contribution in [0.5, 0.6) is 0 Å². The van der Waals surface area contributed by atoms with Crippen LogP contribution in [-0.2, 0) is 10.0 Å². The molecule has 1 aromatic carbocycles. The number of sulfonamides is 1. The lowest BCUT2D eigenvalue weighted by Crippen LogP contribution is -2.32. The molecule has 0 aliphatic rings. The Hall–Kier alpha value is -0.910. The second kappa shape index (κ2) is 7.03. The highest BCUT2D eigenvalue weighted by molar-refractivity contribution is 7.89. The molecule has 0 fully saturated rings. The van der Waals surface area contributed by atoms with Crippen LogP contribution in [0.25, 0.3) is 0 Å². The third kappa shape index (κ3) is 4.03. The van der Waals surface area contributed by atoms with E-state index < -0.39 is 10.0 Å². The summed E-state index contributed by atoms with van der Waals surface area (Å²) >= 11 is 0. The van der Waals surface area contributed by atoms with Crippen molar-refractivity contribution in [3.05, 3.63) is 29.8 Å². The molecule has 0 bridgehead atoms. The first kappa shape index (κ1) is 16.1. The summed E-state index contributed by atoms with van der Waals surface area (Å²) in [7, 11) is -3.38. The van der Waals surface area contributed by atoms with E-state index >= 15 is 0 Å². The summed E-state index contributed by atoms with van der Waals surface area (Å²) in [6.07, 6.45) is 1.63. The molecule has 0 amide bonds. The first-order valence-corrected chi connectivity index (χ1v) is 8.23. The van der Waals surface area contributed by atoms with Gasteiger partial charge in [0.05, 0.1) is 4.90 Å². The van der Waals surface area contributed by atoms with Gasteiger partial charge in [-0.05, 0) is 37.5 Å². The Bertz CT molecular complexity index is 475. The van der Waals surface area contributed by atoms with Crippen LogP contribution in [0.3, 0.4) is 0 Å². The quantitative estimate of drug-likeness (QED) is 0.836. The molecule has 5 heteroatoms. The van der Waals surface area contributed by atoms with Gasteiger partial charge in [-0.1, -0.05) is 26.0 Å². The zero-order valence-corrected chi connectivity index (χ0v) is 12.8. The van der Waals surface area contributed by atoms with E-state index in [0.717, 1.165) is 18.4 Å². The maximum atomic E-state index is 12.5. The van der Waals surface area contributed by atoms with Gasteiger partial charge in [-0.25, -0.2) is 8.42 Å². The molecule has 1 rings (SSSR count).